The van der Waals surface area contributed by atoms with Gasteiger partial charge in [-0.1, -0.05) is 32.0 Å². The molecule has 184 valence electrons. The van der Waals surface area contributed by atoms with Gasteiger partial charge in [0.15, 0.2) is 11.5 Å². The van der Waals surface area contributed by atoms with Crippen LogP contribution in [0, 0.1) is 5.92 Å². The molecule has 3 rings (SSSR count). The average molecular weight is 496 g/mol. The number of thiophene rings is 1. The zero-order valence-electron chi connectivity index (χ0n) is 19.9. The molecule has 0 aliphatic carbocycles. The third-order valence-electron chi connectivity index (χ3n) is 5.08. The zero-order valence-corrected chi connectivity index (χ0v) is 20.7. The summed E-state index contributed by atoms with van der Waals surface area (Å²) in [6.45, 7) is 5.12. The van der Waals surface area contributed by atoms with Crippen molar-refractivity contribution in [2.75, 3.05) is 13.7 Å². The predicted octanol–water partition coefficient (Wildman–Crippen LogP) is 4.19. The number of hydrogen-bond donors (Lipinski definition) is 3. The maximum atomic E-state index is 12.5. The topological polar surface area (TPSA) is 106 Å². The van der Waals surface area contributed by atoms with Crippen LogP contribution in [0.3, 0.4) is 0 Å². The van der Waals surface area contributed by atoms with Gasteiger partial charge < -0.3 is 14.8 Å². The van der Waals surface area contributed by atoms with Crippen molar-refractivity contribution in [3.05, 3.63) is 81.5 Å². The fourth-order valence-electron chi connectivity index (χ4n) is 3.04. The van der Waals surface area contributed by atoms with Crippen molar-refractivity contribution in [1.82, 2.24) is 16.2 Å². The Kier molecular flexibility index (Phi) is 9.25. The molecular weight excluding hydrogens is 466 g/mol. The van der Waals surface area contributed by atoms with Gasteiger partial charge in [-0.25, -0.2) is 0 Å². The highest BCUT2D eigenvalue weighted by Crippen LogP contribution is 2.28. The number of carbonyl (C=O) groups excluding carboxylic acids is 3. The highest BCUT2D eigenvalue weighted by Gasteiger charge is 2.13. The molecule has 0 aliphatic heterocycles. The summed E-state index contributed by atoms with van der Waals surface area (Å²) in [5, 5.41) is 4.68. The summed E-state index contributed by atoms with van der Waals surface area (Å²) in [6.07, 6.45) is 0.905. The highest BCUT2D eigenvalue weighted by atomic mass is 32.1. The van der Waals surface area contributed by atoms with Crippen molar-refractivity contribution in [1.29, 1.82) is 0 Å². The maximum absolute atomic E-state index is 12.5. The van der Waals surface area contributed by atoms with Crippen LogP contribution in [-0.2, 0) is 6.54 Å². The van der Waals surface area contributed by atoms with Crippen LogP contribution < -0.4 is 25.6 Å². The molecule has 0 saturated heterocycles. The molecule has 3 amide bonds. The van der Waals surface area contributed by atoms with Crippen LogP contribution >= 0.6 is 11.3 Å². The van der Waals surface area contributed by atoms with E-state index in [2.05, 4.69) is 30.0 Å². The first-order valence-electron chi connectivity index (χ1n) is 11.2. The number of hydrazine groups is 1. The van der Waals surface area contributed by atoms with Gasteiger partial charge in [0.1, 0.15) is 0 Å². The fourth-order valence-corrected chi connectivity index (χ4v) is 3.68. The van der Waals surface area contributed by atoms with E-state index in [0.717, 1.165) is 12.0 Å². The summed E-state index contributed by atoms with van der Waals surface area (Å²) in [5.74, 6) is 0.417. The summed E-state index contributed by atoms with van der Waals surface area (Å²) >= 11 is 1.37. The normalized spacial score (nSPS) is 10.5. The Hall–Kier alpha value is -3.85. The largest absolute Gasteiger partial charge is 0.493 e. The number of ether oxygens (including phenoxy) is 2. The van der Waals surface area contributed by atoms with Crippen molar-refractivity contribution >= 4 is 29.1 Å². The molecule has 3 N–H and O–H groups in total. The molecule has 35 heavy (non-hydrogen) atoms. The molecule has 8 nitrogen and oxygen atoms in total. The van der Waals surface area contributed by atoms with E-state index < -0.39 is 11.8 Å². The lowest BCUT2D eigenvalue weighted by molar-refractivity contribution is 0.0846. The SMILES string of the molecule is COc1cc(C(=O)NNC(=O)c2ccc(CNC(=O)c3cccs3)cc2)ccc1OCCC(C)C. The van der Waals surface area contributed by atoms with E-state index in [1.54, 1.807) is 48.5 Å². The molecule has 0 aliphatic rings. The molecule has 1 aromatic heterocycles. The monoisotopic (exact) mass is 495 g/mol. The summed E-state index contributed by atoms with van der Waals surface area (Å²) in [4.78, 5) is 37.6. The predicted molar refractivity (Wildman–Crippen MR) is 135 cm³/mol. The van der Waals surface area contributed by atoms with E-state index in [0.29, 0.717) is 46.6 Å². The van der Waals surface area contributed by atoms with Gasteiger partial charge in [-0.05, 0) is 59.7 Å². The number of carbonyl (C=O) groups is 3. The van der Waals surface area contributed by atoms with Crippen LogP contribution in [0.5, 0.6) is 11.5 Å². The quantitative estimate of drug-likeness (QED) is 0.366. The first-order chi connectivity index (χ1) is 16.9. The van der Waals surface area contributed by atoms with Gasteiger partial charge in [-0.15, -0.1) is 11.3 Å². The average Bonchev–Trinajstić information content (AvgIpc) is 3.41. The molecule has 0 bridgehead atoms. The second kappa shape index (κ2) is 12.6. The molecule has 0 atom stereocenters. The fraction of sp³-hybridized carbons (Fsp3) is 0.269. The number of methoxy groups -OCH3 is 1. The van der Waals surface area contributed by atoms with E-state index in [1.165, 1.54) is 18.4 Å². The first-order valence-corrected chi connectivity index (χ1v) is 12.1. The Balaban J connectivity index is 1.50. The minimum absolute atomic E-state index is 0.142. The van der Waals surface area contributed by atoms with Crippen molar-refractivity contribution in [2.24, 2.45) is 5.92 Å². The number of nitrogens with one attached hydrogen (secondary N) is 3. The standard InChI is InChI=1S/C26H29N3O5S/c1-17(2)12-13-34-21-11-10-20(15-22(21)33-3)25(31)29-28-24(30)19-8-6-18(7-9-19)16-27-26(32)23-5-4-14-35-23/h4-11,14-15,17H,12-13,16H2,1-3H3,(H,27,32)(H,28,30)(H,29,31). The summed E-state index contributed by atoms with van der Waals surface area (Å²) in [6, 6.07) is 15.2. The van der Waals surface area contributed by atoms with E-state index in [9.17, 15) is 14.4 Å². The van der Waals surface area contributed by atoms with Crippen LogP contribution in [0.15, 0.2) is 60.0 Å². The Bertz CT molecular complexity index is 1140. The number of rotatable bonds is 10. The van der Waals surface area contributed by atoms with Gasteiger partial charge in [0.2, 0.25) is 0 Å². The third-order valence-corrected chi connectivity index (χ3v) is 5.95. The Morgan fingerprint density at radius 1 is 0.886 bits per heavy atom. The molecule has 0 unspecified atom stereocenters. The van der Waals surface area contributed by atoms with Crippen LogP contribution in [0.25, 0.3) is 0 Å². The first kappa shape index (κ1) is 25.8. The van der Waals surface area contributed by atoms with Gasteiger partial charge in [0.05, 0.1) is 18.6 Å². The maximum Gasteiger partial charge on any atom is 0.269 e. The van der Waals surface area contributed by atoms with Crippen molar-refractivity contribution in [2.45, 2.75) is 26.8 Å². The van der Waals surface area contributed by atoms with E-state index in [4.69, 9.17) is 9.47 Å². The Morgan fingerprint density at radius 2 is 1.57 bits per heavy atom. The second-order valence-electron chi connectivity index (χ2n) is 8.16. The Morgan fingerprint density at radius 3 is 2.20 bits per heavy atom. The third kappa shape index (κ3) is 7.58. The molecule has 1 heterocycles. The van der Waals surface area contributed by atoms with Crippen LogP contribution in [0.2, 0.25) is 0 Å². The van der Waals surface area contributed by atoms with Gasteiger partial charge in [0.25, 0.3) is 17.7 Å². The molecule has 0 fully saturated rings. The Labute approximate surface area is 208 Å². The lowest BCUT2D eigenvalue weighted by Gasteiger charge is -2.13. The smallest absolute Gasteiger partial charge is 0.269 e. The molecule has 2 aromatic carbocycles. The van der Waals surface area contributed by atoms with Crippen molar-refractivity contribution < 1.29 is 23.9 Å². The molecule has 3 aromatic rings. The molecule has 0 spiro atoms. The van der Waals surface area contributed by atoms with Crippen LogP contribution in [0.1, 0.15) is 56.2 Å². The van der Waals surface area contributed by atoms with Gasteiger partial charge in [-0.2, -0.15) is 0 Å². The summed E-state index contributed by atoms with van der Waals surface area (Å²) in [5.41, 5.74) is 6.34. The van der Waals surface area contributed by atoms with Gasteiger partial charge in [0, 0.05) is 17.7 Å². The zero-order chi connectivity index (χ0) is 25.2. The van der Waals surface area contributed by atoms with Gasteiger partial charge >= 0.3 is 0 Å². The molecule has 9 heteroatoms. The number of hydrogen-bond acceptors (Lipinski definition) is 6. The van der Waals surface area contributed by atoms with E-state index >= 15 is 0 Å². The second-order valence-corrected chi connectivity index (χ2v) is 9.11. The minimum Gasteiger partial charge on any atom is -0.493 e. The van der Waals surface area contributed by atoms with Crippen LogP contribution in [0.4, 0.5) is 0 Å². The van der Waals surface area contributed by atoms with E-state index in [1.807, 2.05) is 11.4 Å². The molecular formula is C26H29N3O5S. The lowest BCUT2D eigenvalue weighted by atomic mass is 10.1. The molecule has 0 radical (unpaired) electrons. The number of amides is 3. The van der Waals surface area contributed by atoms with Crippen LogP contribution in [-0.4, -0.2) is 31.4 Å². The van der Waals surface area contributed by atoms with Crippen molar-refractivity contribution in [3.63, 3.8) is 0 Å². The number of benzene rings is 2. The minimum atomic E-state index is -0.488. The lowest BCUT2D eigenvalue weighted by Crippen LogP contribution is -2.41. The van der Waals surface area contributed by atoms with Crippen molar-refractivity contribution in [3.8, 4) is 11.5 Å². The summed E-state index contributed by atoms with van der Waals surface area (Å²) in [7, 11) is 1.51. The van der Waals surface area contributed by atoms with E-state index in [-0.39, 0.29) is 5.91 Å². The van der Waals surface area contributed by atoms with Gasteiger partial charge in [-0.3, -0.25) is 25.2 Å². The molecule has 0 saturated carbocycles. The highest BCUT2D eigenvalue weighted by molar-refractivity contribution is 7.12. The summed E-state index contributed by atoms with van der Waals surface area (Å²) < 4.78 is 11.1.